The molecule has 0 aromatic carbocycles. The van der Waals surface area contributed by atoms with Gasteiger partial charge in [0.2, 0.25) is 0 Å². The van der Waals surface area contributed by atoms with Gasteiger partial charge in [-0.2, -0.15) is 0 Å². The number of pyridine rings is 1. The molecular formula is C13H22N2O. The van der Waals surface area contributed by atoms with Crippen molar-refractivity contribution in [2.45, 2.75) is 33.4 Å². The lowest BCUT2D eigenvalue weighted by Crippen LogP contribution is -2.34. The fourth-order valence-corrected chi connectivity index (χ4v) is 1.50. The highest BCUT2D eigenvalue weighted by Gasteiger charge is 2.14. The molecule has 0 saturated carbocycles. The third kappa shape index (κ3) is 4.29. The minimum Gasteiger partial charge on any atom is -0.392 e. The molecule has 0 fully saturated rings. The van der Waals surface area contributed by atoms with E-state index >= 15 is 0 Å². The summed E-state index contributed by atoms with van der Waals surface area (Å²) in [6.45, 7) is 8.64. The lowest BCUT2D eigenvalue weighted by atomic mass is 10.1. The zero-order chi connectivity index (χ0) is 12.0. The van der Waals surface area contributed by atoms with Crippen molar-refractivity contribution in [3.63, 3.8) is 0 Å². The van der Waals surface area contributed by atoms with E-state index in [1.807, 2.05) is 38.2 Å². The van der Waals surface area contributed by atoms with Gasteiger partial charge in [-0.25, -0.2) is 0 Å². The van der Waals surface area contributed by atoms with E-state index in [-0.39, 0.29) is 6.10 Å². The molecule has 1 rings (SSSR count). The van der Waals surface area contributed by atoms with Crippen LogP contribution in [0, 0.1) is 5.92 Å². The fourth-order valence-electron chi connectivity index (χ4n) is 1.50. The summed E-state index contributed by atoms with van der Waals surface area (Å²) in [4.78, 5) is 6.51. The molecule has 3 nitrogen and oxygen atoms in total. The molecule has 1 heterocycles. The predicted octanol–water partition coefficient (Wildman–Crippen LogP) is 1.92. The largest absolute Gasteiger partial charge is 0.392 e. The molecule has 1 unspecified atom stereocenters. The molecule has 0 aliphatic rings. The summed E-state index contributed by atoms with van der Waals surface area (Å²) in [7, 11) is 0. The molecule has 90 valence electrons. The third-order valence-corrected chi connectivity index (χ3v) is 2.77. The van der Waals surface area contributed by atoms with E-state index < -0.39 is 0 Å². The molecule has 0 bridgehead atoms. The summed E-state index contributed by atoms with van der Waals surface area (Å²) in [6, 6.07) is 5.93. The van der Waals surface area contributed by atoms with Crippen LogP contribution in [0.3, 0.4) is 0 Å². The zero-order valence-electron chi connectivity index (χ0n) is 10.4. The number of hydrogen-bond donors (Lipinski definition) is 1. The van der Waals surface area contributed by atoms with Crippen LogP contribution in [0.15, 0.2) is 24.4 Å². The molecule has 0 aliphatic carbocycles. The van der Waals surface area contributed by atoms with E-state index in [0.29, 0.717) is 12.5 Å². The molecule has 0 saturated heterocycles. The van der Waals surface area contributed by atoms with Gasteiger partial charge in [0.15, 0.2) is 0 Å². The first-order chi connectivity index (χ1) is 7.63. The molecule has 1 N–H and O–H groups in total. The molecule has 1 aromatic heterocycles. The minimum atomic E-state index is -0.260. The summed E-state index contributed by atoms with van der Waals surface area (Å²) in [5.41, 5.74) is 1.06. The molecular weight excluding hydrogens is 200 g/mol. The topological polar surface area (TPSA) is 36.4 Å². The van der Waals surface area contributed by atoms with E-state index in [0.717, 1.165) is 18.8 Å². The Morgan fingerprint density at radius 3 is 2.62 bits per heavy atom. The standard InChI is InChI=1S/C13H22N2O/c1-4-15(10-13(16)11(2)3)9-12-7-5-6-8-14-12/h5-8,11,13,16H,4,9-10H2,1-3H3. The highest BCUT2D eigenvalue weighted by atomic mass is 16.3. The van der Waals surface area contributed by atoms with Gasteiger partial charge in [-0.3, -0.25) is 9.88 Å². The fraction of sp³-hybridized carbons (Fsp3) is 0.615. The van der Waals surface area contributed by atoms with Gasteiger partial charge in [-0.05, 0) is 24.6 Å². The Kier molecular flexibility index (Phi) is 5.43. The molecule has 16 heavy (non-hydrogen) atoms. The number of nitrogens with zero attached hydrogens (tertiary/aromatic N) is 2. The van der Waals surface area contributed by atoms with Crippen LogP contribution in [-0.2, 0) is 6.54 Å². The number of aliphatic hydroxyl groups excluding tert-OH is 1. The summed E-state index contributed by atoms with van der Waals surface area (Å²) >= 11 is 0. The first kappa shape index (κ1) is 13.1. The highest BCUT2D eigenvalue weighted by molar-refractivity contribution is 5.03. The van der Waals surface area contributed by atoms with Crippen LogP contribution in [0.4, 0.5) is 0 Å². The van der Waals surface area contributed by atoms with Crippen LogP contribution >= 0.6 is 0 Å². The van der Waals surface area contributed by atoms with Crippen LogP contribution < -0.4 is 0 Å². The maximum absolute atomic E-state index is 9.84. The van der Waals surface area contributed by atoms with Gasteiger partial charge in [0.05, 0.1) is 11.8 Å². The number of likely N-dealkylation sites (N-methyl/N-ethyl adjacent to an activating group) is 1. The van der Waals surface area contributed by atoms with Gasteiger partial charge in [0.25, 0.3) is 0 Å². The molecule has 3 heteroatoms. The molecule has 1 aromatic rings. The van der Waals surface area contributed by atoms with E-state index in [4.69, 9.17) is 0 Å². The van der Waals surface area contributed by atoms with Gasteiger partial charge in [0, 0.05) is 19.3 Å². The summed E-state index contributed by atoms with van der Waals surface area (Å²) in [6.07, 6.45) is 1.55. The number of aromatic nitrogens is 1. The van der Waals surface area contributed by atoms with E-state index in [1.165, 1.54) is 0 Å². The normalized spacial score (nSPS) is 13.4. The second kappa shape index (κ2) is 6.61. The van der Waals surface area contributed by atoms with Crippen LogP contribution in [-0.4, -0.2) is 34.2 Å². The average Bonchev–Trinajstić information content (AvgIpc) is 2.29. The minimum absolute atomic E-state index is 0.260. The number of hydrogen-bond acceptors (Lipinski definition) is 3. The monoisotopic (exact) mass is 222 g/mol. The van der Waals surface area contributed by atoms with Crippen molar-refractivity contribution in [3.05, 3.63) is 30.1 Å². The second-order valence-corrected chi connectivity index (χ2v) is 4.46. The quantitative estimate of drug-likeness (QED) is 0.799. The molecule has 1 atom stereocenters. The van der Waals surface area contributed by atoms with Crippen molar-refractivity contribution in [1.29, 1.82) is 0 Å². The van der Waals surface area contributed by atoms with Crippen LogP contribution in [0.5, 0.6) is 0 Å². The molecule has 0 spiro atoms. The van der Waals surface area contributed by atoms with Crippen molar-refractivity contribution >= 4 is 0 Å². The number of aliphatic hydroxyl groups is 1. The average molecular weight is 222 g/mol. The molecule has 0 amide bonds. The SMILES string of the molecule is CCN(Cc1ccccn1)CC(O)C(C)C. The van der Waals surface area contributed by atoms with Crippen LogP contribution in [0.1, 0.15) is 26.5 Å². The number of rotatable bonds is 6. The maximum atomic E-state index is 9.84. The van der Waals surface area contributed by atoms with Crippen molar-refractivity contribution < 1.29 is 5.11 Å². The highest BCUT2D eigenvalue weighted by Crippen LogP contribution is 2.06. The summed E-state index contributed by atoms with van der Waals surface area (Å²) in [5.74, 6) is 0.304. The Hall–Kier alpha value is -0.930. The lowest BCUT2D eigenvalue weighted by molar-refractivity contribution is 0.0750. The zero-order valence-corrected chi connectivity index (χ0v) is 10.4. The van der Waals surface area contributed by atoms with Crippen molar-refractivity contribution in [2.75, 3.05) is 13.1 Å². The van der Waals surface area contributed by atoms with Crippen molar-refractivity contribution in [2.24, 2.45) is 5.92 Å². The Balaban J connectivity index is 2.49. The Bertz CT molecular complexity index is 287. The van der Waals surface area contributed by atoms with E-state index in [9.17, 15) is 5.11 Å². The Labute approximate surface area is 98.1 Å². The maximum Gasteiger partial charge on any atom is 0.0690 e. The Morgan fingerprint density at radius 1 is 1.38 bits per heavy atom. The second-order valence-electron chi connectivity index (χ2n) is 4.46. The van der Waals surface area contributed by atoms with Crippen molar-refractivity contribution in [1.82, 2.24) is 9.88 Å². The summed E-state index contributed by atoms with van der Waals surface area (Å²) in [5, 5.41) is 9.84. The smallest absolute Gasteiger partial charge is 0.0690 e. The van der Waals surface area contributed by atoms with Crippen molar-refractivity contribution in [3.8, 4) is 0 Å². The first-order valence-corrected chi connectivity index (χ1v) is 5.93. The van der Waals surface area contributed by atoms with Gasteiger partial charge < -0.3 is 5.11 Å². The predicted molar refractivity (Wildman–Crippen MR) is 66.0 cm³/mol. The van der Waals surface area contributed by atoms with Gasteiger partial charge in [-0.15, -0.1) is 0 Å². The first-order valence-electron chi connectivity index (χ1n) is 5.93. The van der Waals surface area contributed by atoms with Gasteiger partial charge in [-0.1, -0.05) is 26.8 Å². The van der Waals surface area contributed by atoms with Gasteiger partial charge in [0.1, 0.15) is 0 Å². The third-order valence-electron chi connectivity index (χ3n) is 2.77. The van der Waals surface area contributed by atoms with E-state index in [2.05, 4.69) is 16.8 Å². The summed E-state index contributed by atoms with van der Waals surface area (Å²) < 4.78 is 0. The van der Waals surface area contributed by atoms with Crippen LogP contribution in [0.25, 0.3) is 0 Å². The van der Waals surface area contributed by atoms with Crippen LogP contribution in [0.2, 0.25) is 0 Å². The molecule has 0 radical (unpaired) electrons. The lowest BCUT2D eigenvalue weighted by Gasteiger charge is -2.25. The van der Waals surface area contributed by atoms with Gasteiger partial charge >= 0.3 is 0 Å². The van der Waals surface area contributed by atoms with E-state index in [1.54, 1.807) is 0 Å². The Morgan fingerprint density at radius 2 is 2.12 bits per heavy atom. The molecule has 0 aliphatic heterocycles.